The Hall–Kier alpha value is -2.00. The van der Waals surface area contributed by atoms with Crippen molar-refractivity contribution >= 4 is 18.0 Å². The summed E-state index contributed by atoms with van der Waals surface area (Å²) >= 11 is 0. The fraction of sp³-hybridized carbons (Fsp3) is 0.800. The first-order valence-electron chi connectivity index (χ1n) is 7.82. The van der Waals surface area contributed by atoms with E-state index in [1.807, 2.05) is 0 Å². The van der Waals surface area contributed by atoms with E-state index in [9.17, 15) is 32.7 Å². The number of carbonyl (C=O) groups excluding carboxylic acids is 3. The minimum atomic E-state index is -4.44. The molecule has 2 amide bonds. The first-order chi connectivity index (χ1) is 11.3. The van der Waals surface area contributed by atoms with Gasteiger partial charge in [0, 0.05) is 31.9 Å². The molecule has 0 radical (unpaired) electrons. The maximum Gasteiger partial charge on any atom is 0.407 e. The molecule has 1 N–H and O–H groups in total. The number of alkyl carbamates (subject to hydrolysis) is 1. The first kappa shape index (κ1) is 21.0. The number of carboxylic acid groups (broad SMARTS) is 1. The van der Waals surface area contributed by atoms with Crippen LogP contribution in [0.25, 0.3) is 0 Å². The molecule has 0 spiro atoms. The molecule has 25 heavy (non-hydrogen) atoms. The highest BCUT2D eigenvalue weighted by molar-refractivity contribution is 5.77. The Kier molecular flexibility index (Phi) is 6.67. The standard InChI is InChI=1S/C15H23F3N2O5/c1-14(2,3)25-13(24)19-10(6-12(22)23)8-20-7-9(15(16,17)18)4-5-11(20)21/h9-10H,4-8H2,1-3H3,(H,19,24)(H,22,23)/p-1/t9?,10-/m0/s1. The normalized spacial score (nSPS) is 20.2. The SMILES string of the molecule is CC(C)(C)OC(=O)N[C@@H](CC(=O)[O-])CN1CC(C(F)(F)F)CCC1=O. The number of likely N-dealkylation sites (tertiary alicyclic amines) is 1. The molecule has 1 aliphatic heterocycles. The number of alkyl halides is 3. The number of rotatable bonds is 5. The molecule has 0 bridgehead atoms. The van der Waals surface area contributed by atoms with Crippen molar-refractivity contribution in [1.82, 2.24) is 10.2 Å². The Morgan fingerprint density at radius 2 is 1.96 bits per heavy atom. The van der Waals surface area contributed by atoms with E-state index >= 15 is 0 Å². The van der Waals surface area contributed by atoms with Crippen LogP contribution in [0.2, 0.25) is 0 Å². The van der Waals surface area contributed by atoms with Gasteiger partial charge in [0.1, 0.15) is 5.60 Å². The van der Waals surface area contributed by atoms with Crippen LogP contribution in [0, 0.1) is 5.92 Å². The molecule has 1 aliphatic rings. The van der Waals surface area contributed by atoms with Gasteiger partial charge in [-0.2, -0.15) is 13.2 Å². The summed E-state index contributed by atoms with van der Waals surface area (Å²) in [6.07, 6.45) is -6.60. The average molecular weight is 367 g/mol. The second-order valence-corrected chi connectivity index (χ2v) is 7.00. The van der Waals surface area contributed by atoms with Crippen molar-refractivity contribution in [1.29, 1.82) is 0 Å². The number of nitrogens with one attached hydrogen (secondary N) is 1. The van der Waals surface area contributed by atoms with Gasteiger partial charge in [-0.15, -0.1) is 0 Å². The van der Waals surface area contributed by atoms with Crippen LogP contribution in [0.5, 0.6) is 0 Å². The number of piperidine rings is 1. The van der Waals surface area contributed by atoms with Crippen molar-refractivity contribution in [2.45, 2.75) is 57.9 Å². The van der Waals surface area contributed by atoms with Crippen molar-refractivity contribution in [3.8, 4) is 0 Å². The molecule has 7 nitrogen and oxygen atoms in total. The summed E-state index contributed by atoms with van der Waals surface area (Å²) in [7, 11) is 0. The topological polar surface area (TPSA) is 98.8 Å². The molecule has 1 fully saturated rings. The Morgan fingerprint density at radius 3 is 2.44 bits per heavy atom. The fourth-order valence-electron chi connectivity index (χ4n) is 2.46. The molecule has 0 aromatic carbocycles. The van der Waals surface area contributed by atoms with Crippen molar-refractivity contribution in [3.05, 3.63) is 0 Å². The number of ether oxygens (including phenoxy) is 1. The minimum absolute atomic E-state index is 0.283. The summed E-state index contributed by atoms with van der Waals surface area (Å²) in [5.74, 6) is -3.69. The third kappa shape index (κ3) is 7.61. The number of amides is 2. The van der Waals surface area contributed by atoms with Gasteiger partial charge in [0.25, 0.3) is 0 Å². The van der Waals surface area contributed by atoms with E-state index in [4.69, 9.17) is 4.74 Å². The van der Waals surface area contributed by atoms with Gasteiger partial charge in [-0.3, -0.25) is 4.79 Å². The highest BCUT2D eigenvalue weighted by Gasteiger charge is 2.44. The number of hydrogen-bond acceptors (Lipinski definition) is 5. The second-order valence-electron chi connectivity index (χ2n) is 7.00. The summed E-state index contributed by atoms with van der Waals surface area (Å²) < 4.78 is 43.6. The molecule has 1 heterocycles. The van der Waals surface area contributed by atoms with Crippen LogP contribution < -0.4 is 10.4 Å². The van der Waals surface area contributed by atoms with Gasteiger partial charge in [0.2, 0.25) is 5.91 Å². The zero-order valence-corrected chi connectivity index (χ0v) is 14.3. The van der Waals surface area contributed by atoms with Gasteiger partial charge in [-0.1, -0.05) is 0 Å². The Bertz CT molecular complexity index is 516. The smallest absolute Gasteiger partial charge is 0.407 e. The lowest BCUT2D eigenvalue weighted by atomic mass is 9.96. The van der Waals surface area contributed by atoms with Gasteiger partial charge in [-0.25, -0.2) is 4.79 Å². The molecule has 1 saturated heterocycles. The molecule has 1 rings (SSSR count). The molecule has 0 saturated carbocycles. The Morgan fingerprint density at radius 1 is 1.36 bits per heavy atom. The van der Waals surface area contributed by atoms with E-state index in [0.29, 0.717) is 0 Å². The Labute approximate surface area is 143 Å². The number of carboxylic acids is 1. The van der Waals surface area contributed by atoms with Crippen LogP contribution >= 0.6 is 0 Å². The van der Waals surface area contributed by atoms with E-state index in [0.717, 1.165) is 4.90 Å². The first-order valence-corrected chi connectivity index (χ1v) is 7.82. The highest BCUT2D eigenvalue weighted by atomic mass is 19.4. The molecule has 0 aliphatic carbocycles. The largest absolute Gasteiger partial charge is 0.550 e. The summed E-state index contributed by atoms with van der Waals surface area (Å²) in [6.45, 7) is 3.87. The quantitative estimate of drug-likeness (QED) is 0.776. The van der Waals surface area contributed by atoms with Crippen LogP contribution in [0.3, 0.4) is 0 Å². The lowest BCUT2D eigenvalue weighted by Gasteiger charge is -2.36. The van der Waals surface area contributed by atoms with E-state index in [1.165, 1.54) is 0 Å². The molecular weight excluding hydrogens is 345 g/mol. The van der Waals surface area contributed by atoms with Gasteiger partial charge in [0.15, 0.2) is 0 Å². The van der Waals surface area contributed by atoms with Crippen molar-refractivity contribution in [2.24, 2.45) is 5.92 Å². The number of nitrogens with zero attached hydrogens (tertiary/aromatic N) is 1. The number of carbonyl (C=O) groups is 3. The lowest BCUT2D eigenvalue weighted by molar-refractivity contribution is -0.306. The predicted molar refractivity (Wildman–Crippen MR) is 78.1 cm³/mol. The van der Waals surface area contributed by atoms with E-state index in [-0.39, 0.29) is 19.4 Å². The van der Waals surface area contributed by atoms with E-state index in [1.54, 1.807) is 20.8 Å². The number of halogens is 3. The van der Waals surface area contributed by atoms with Crippen LogP contribution in [0.4, 0.5) is 18.0 Å². The molecule has 144 valence electrons. The van der Waals surface area contributed by atoms with Crippen LogP contribution in [-0.4, -0.2) is 53.8 Å². The van der Waals surface area contributed by atoms with Crippen LogP contribution in [0.15, 0.2) is 0 Å². The summed E-state index contributed by atoms with van der Waals surface area (Å²) in [5.41, 5.74) is -0.835. The third-order valence-corrected chi connectivity index (χ3v) is 3.54. The lowest BCUT2D eigenvalue weighted by Crippen LogP contribution is -2.52. The summed E-state index contributed by atoms with van der Waals surface area (Å²) in [5, 5.41) is 13.1. The van der Waals surface area contributed by atoms with Gasteiger partial charge in [0.05, 0.1) is 12.0 Å². The third-order valence-electron chi connectivity index (χ3n) is 3.54. The van der Waals surface area contributed by atoms with E-state index < -0.39 is 54.7 Å². The minimum Gasteiger partial charge on any atom is -0.550 e. The van der Waals surface area contributed by atoms with Crippen molar-refractivity contribution < 1.29 is 37.4 Å². The maximum absolute atomic E-state index is 12.9. The van der Waals surface area contributed by atoms with Crippen molar-refractivity contribution in [3.63, 3.8) is 0 Å². The van der Waals surface area contributed by atoms with Gasteiger partial charge in [-0.05, 0) is 27.2 Å². The molecule has 10 heteroatoms. The molecule has 2 atom stereocenters. The summed E-state index contributed by atoms with van der Waals surface area (Å²) in [4.78, 5) is 35.4. The fourth-order valence-corrected chi connectivity index (χ4v) is 2.46. The number of aliphatic carboxylic acids is 1. The number of hydrogen-bond donors (Lipinski definition) is 1. The molecular formula is C15H22F3N2O5-. The highest BCUT2D eigenvalue weighted by Crippen LogP contribution is 2.33. The molecule has 0 aromatic heterocycles. The monoisotopic (exact) mass is 367 g/mol. The van der Waals surface area contributed by atoms with Gasteiger partial charge >= 0.3 is 12.3 Å². The van der Waals surface area contributed by atoms with E-state index in [2.05, 4.69) is 5.32 Å². The van der Waals surface area contributed by atoms with Crippen LogP contribution in [-0.2, 0) is 14.3 Å². The average Bonchev–Trinajstić information content (AvgIpc) is 2.36. The molecule has 0 aromatic rings. The van der Waals surface area contributed by atoms with Crippen LogP contribution in [0.1, 0.15) is 40.0 Å². The predicted octanol–water partition coefficient (Wildman–Crippen LogP) is 0.821. The Balaban J connectivity index is 2.77. The van der Waals surface area contributed by atoms with Crippen molar-refractivity contribution in [2.75, 3.05) is 13.1 Å². The maximum atomic E-state index is 12.9. The van der Waals surface area contributed by atoms with Gasteiger partial charge < -0.3 is 24.9 Å². The summed E-state index contributed by atoms with van der Waals surface area (Å²) in [6, 6.07) is -1.12. The second kappa shape index (κ2) is 7.92. The zero-order valence-electron chi connectivity index (χ0n) is 14.3. The zero-order chi connectivity index (χ0) is 19.4. The molecule has 1 unspecified atom stereocenters.